The molecule has 3 aliphatic rings. The lowest BCUT2D eigenvalue weighted by molar-refractivity contribution is 0.0213. The van der Waals surface area contributed by atoms with E-state index in [9.17, 15) is 0 Å². The van der Waals surface area contributed by atoms with Gasteiger partial charge in [0.25, 0.3) is 0 Å². The number of fused-ring (bicyclic) bond motifs is 3. The van der Waals surface area contributed by atoms with Gasteiger partial charge in [0.05, 0.1) is 6.61 Å². The van der Waals surface area contributed by atoms with E-state index >= 15 is 0 Å². The molecular formula is C16H24BrNO. The van der Waals surface area contributed by atoms with Crippen LogP contribution in [-0.2, 0) is 11.3 Å². The largest absolute Gasteiger partial charge is 0.377 e. The fourth-order valence-corrected chi connectivity index (χ4v) is 3.37. The van der Waals surface area contributed by atoms with E-state index in [0.29, 0.717) is 0 Å². The molecule has 3 heterocycles. The molecule has 2 nitrogen and oxygen atoms in total. The van der Waals surface area contributed by atoms with Gasteiger partial charge in [-0.25, -0.2) is 0 Å². The first-order chi connectivity index (χ1) is 8.92. The molecule has 3 saturated heterocycles. The van der Waals surface area contributed by atoms with E-state index in [4.69, 9.17) is 4.74 Å². The van der Waals surface area contributed by atoms with Crippen LogP contribution in [0, 0.1) is 5.92 Å². The number of rotatable bonds is 5. The zero-order valence-electron chi connectivity index (χ0n) is 11.5. The predicted molar refractivity (Wildman–Crippen MR) is 83.7 cm³/mol. The first kappa shape index (κ1) is 15.0. The Labute approximate surface area is 126 Å². The molecule has 0 aliphatic carbocycles. The lowest BCUT2D eigenvalue weighted by atomic mass is 9.82. The van der Waals surface area contributed by atoms with E-state index in [0.717, 1.165) is 25.2 Å². The standard InChI is InChI=1S/C16H23NO.BrH/c1-2-4-15(5-3-1)13-18-11-8-16-12-14-6-9-17(16)10-7-14;/h1-5,14,16H,6-13H2;1H. The van der Waals surface area contributed by atoms with Crippen LogP contribution in [0.25, 0.3) is 0 Å². The van der Waals surface area contributed by atoms with Crippen molar-refractivity contribution in [2.45, 2.75) is 38.3 Å². The minimum atomic E-state index is 0. The molecule has 3 heteroatoms. The Morgan fingerprint density at radius 3 is 2.47 bits per heavy atom. The summed E-state index contributed by atoms with van der Waals surface area (Å²) in [5, 5.41) is 0. The molecule has 0 aromatic heterocycles. The molecule has 106 valence electrons. The van der Waals surface area contributed by atoms with Gasteiger partial charge in [0.2, 0.25) is 0 Å². The van der Waals surface area contributed by atoms with Crippen molar-refractivity contribution in [3.05, 3.63) is 35.9 Å². The molecule has 1 aromatic rings. The molecule has 1 unspecified atom stereocenters. The molecule has 19 heavy (non-hydrogen) atoms. The van der Waals surface area contributed by atoms with Crippen LogP contribution in [-0.4, -0.2) is 30.6 Å². The third-order valence-corrected chi connectivity index (χ3v) is 4.48. The second kappa shape index (κ2) is 7.41. The Hall–Kier alpha value is -0.380. The first-order valence-corrected chi connectivity index (χ1v) is 7.27. The maximum absolute atomic E-state index is 5.80. The van der Waals surface area contributed by atoms with Crippen molar-refractivity contribution in [3.63, 3.8) is 0 Å². The van der Waals surface area contributed by atoms with Crippen molar-refractivity contribution in [3.8, 4) is 0 Å². The monoisotopic (exact) mass is 325 g/mol. The minimum Gasteiger partial charge on any atom is -0.377 e. The van der Waals surface area contributed by atoms with Gasteiger partial charge in [-0.1, -0.05) is 30.3 Å². The molecule has 4 rings (SSSR count). The number of hydrogen-bond donors (Lipinski definition) is 0. The highest BCUT2D eigenvalue weighted by Crippen LogP contribution is 2.33. The van der Waals surface area contributed by atoms with Crippen LogP contribution in [0.15, 0.2) is 30.3 Å². The fraction of sp³-hybridized carbons (Fsp3) is 0.625. The van der Waals surface area contributed by atoms with Crippen molar-refractivity contribution in [2.75, 3.05) is 19.7 Å². The summed E-state index contributed by atoms with van der Waals surface area (Å²) in [6.07, 6.45) is 5.49. The van der Waals surface area contributed by atoms with E-state index in [2.05, 4.69) is 35.2 Å². The van der Waals surface area contributed by atoms with Crippen molar-refractivity contribution in [1.29, 1.82) is 0 Å². The summed E-state index contributed by atoms with van der Waals surface area (Å²) in [5.74, 6) is 1.01. The lowest BCUT2D eigenvalue weighted by Crippen LogP contribution is -2.48. The van der Waals surface area contributed by atoms with E-state index in [1.165, 1.54) is 44.3 Å². The van der Waals surface area contributed by atoms with Gasteiger partial charge in [-0.3, -0.25) is 0 Å². The number of ether oxygens (including phenoxy) is 1. The topological polar surface area (TPSA) is 12.5 Å². The maximum Gasteiger partial charge on any atom is 0.0716 e. The van der Waals surface area contributed by atoms with Gasteiger partial charge in [0.1, 0.15) is 0 Å². The van der Waals surface area contributed by atoms with Gasteiger partial charge < -0.3 is 9.64 Å². The fourth-order valence-electron chi connectivity index (χ4n) is 3.37. The van der Waals surface area contributed by atoms with Crippen LogP contribution in [0.5, 0.6) is 0 Å². The zero-order chi connectivity index (χ0) is 12.2. The van der Waals surface area contributed by atoms with Gasteiger partial charge in [-0.15, -0.1) is 17.0 Å². The maximum atomic E-state index is 5.80. The van der Waals surface area contributed by atoms with Gasteiger partial charge in [-0.2, -0.15) is 0 Å². The first-order valence-electron chi connectivity index (χ1n) is 7.27. The van der Waals surface area contributed by atoms with Crippen LogP contribution >= 0.6 is 17.0 Å². The van der Waals surface area contributed by atoms with Crippen molar-refractivity contribution in [2.24, 2.45) is 5.92 Å². The summed E-state index contributed by atoms with van der Waals surface area (Å²) >= 11 is 0. The van der Waals surface area contributed by atoms with Crippen LogP contribution in [0.2, 0.25) is 0 Å². The average molecular weight is 326 g/mol. The van der Waals surface area contributed by atoms with E-state index in [-0.39, 0.29) is 17.0 Å². The minimum absolute atomic E-state index is 0. The van der Waals surface area contributed by atoms with Crippen molar-refractivity contribution < 1.29 is 4.74 Å². The number of halogens is 1. The third-order valence-electron chi connectivity index (χ3n) is 4.48. The average Bonchev–Trinajstić information content (AvgIpc) is 2.46. The summed E-state index contributed by atoms with van der Waals surface area (Å²) in [7, 11) is 0. The highest BCUT2D eigenvalue weighted by Gasteiger charge is 2.32. The summed E-state index contributed by atoms with van der Waals surface area (Å²) < 4.78 is 5.80. The molecule has 1 atom stereocenters. The summed E-state index contributed by atoms with van der Waals surface area (Å²) in [6, 6.07) is 11.3. The molecule has 3 fully saturated rings. The summed E-state index contributed by atoms with van der Waals surface area (Å²) in [6.45, 7) is 4.32. The Kier molecular flexibility index (Phi) is 5.86. The molecular weight excluding hydrogens is 302 g/mol. The van der Waals surface area contributed by atoms with Crippen LogP contribution in [0.3, 0.4) is 0 Å². The van der Waals surface area contributed by atoms with E-state index in [1.54, 1.807) is 0 Å². The van der Waals surface area contributed by atoms with Crippen molar-refractivity contribution in [1.82, 2.24) is 4.90 Å². The van der Waals surface area contributed by atoms with Gasteiger partial charge in [0.15, 0.2) is 0 Å². The summed E-state index contributed by atoms with van der Waals surface area (Å²) in [5.41, 5.74) is 1.28. The smallest absolute Gasteiger partial charge is 0.0716 e. The molecule has 0 N–H and O–H groups in total. The Bertz CT molecular complexity index is 362. The SMILES string of the molecule is Br.c1ccc(COCCC2CC3CCN2CC3)cc1. The lowest BCUT2D eigenvalue weighted by Gasteiger charge is -2.45. The van der Waals surface area contributed by atoms with Crippen LogP contribution < -0.4 is 0 Å². The molecule has 0 saturated carbocycles. The molecule has 2 bridgehead atoms. The summed E-state index contributed by atoms with van der Waals surface area (Å²) in [4.78, 5) is 2.67. The second-order valence-electron chi connectivity index (χ2n) is 5.70. The number of hydrogen-bond acceptors (Lipinski definition) is 2. The molecule has 1 aromatic carbocycles. The molecule has 0 spiro atoms. The van der Waals surface area contributed by atoms with Crippen LogP contribution in [0.4, 0.5) is 0 Å². The number of nitrogens with zero attached hydrogens (tertiary/aromatic N) is 1. The zero-order valence-corrected chi connectivity index (χ0v) is 13.2. The molecule has 0 amide bonds. The Balaban J connectivity index is 0.00000133. The van der Waals surface area contributed by atoms with Crippen LogP contribution in [0.1, 0.15) is 31.2 Å². The highest BCUT2D eigenvalue weighted by atomic mass is 79.9. The third kappa shape index (κ3) is 4.04. The second-order valence-corrected chi connectivity index (χ2v) is 5.70. The quantitative estimate of drug-likeness (QED) is 0.766. The molecule has 0 radical (unpaired) electrons. The van der Waals surface area contributed by atoms with Gasteiger partial charge in [-0.05, 0) is 50.3 Å². The van der Waals surface area contributed by atoms with Crippen molar-refractivity contribution >= 4 is 17.0 Å². The Morgan fingerprint density at radius 1 is 1.11 bits per heavy atom. The highest BCUT2D eigenvalue weighted by molar-refractivity contribution is 8.93. The number of piperidine rings is 3. The van der Waals surface area contributed by atoms with Gasteiger partial charge in [0, 0.05) is 12.6 Å². The van der Waals surface area contributed by atoms with E-state index in [1.807, 2.05) is 0 Å². The van der Waals surface area contributed by atoms with E-state index < -0.39 is 0 Å². The normalized spacial score (nSPS) is 28.9. The predicted octanol–water partition coefficient (Wildman–Crippen LogP) is 3.66. The Morgan fingerprint density at radius 2 is 1.84 bits per heavy atom. The van der Waals surface area contributed by atoms with Gasteiger partial charge >= 0.3 is 0 Å². The molecule has 3 aliphatic heterocycles. The number of benzene rings is 1.